The summed E-state index contributed by atoms with van der Waals surface area (Å²) >= 11 is 6.33. The fourth-order valence-electron chi connectivity index (χ4n) is 6.10. The number of nitrogens with one attached hydrogen (secondary N) is 1. The first-order valence-corrected chi connectivity index (χ1v) is 16.0. The lowest BCUT2D eigenvalue weighted by Crippen LogP contribution is -2.44. The third kappa shape index (κ3) is 7.54. The normalized spacial score (nSPS) is 13.6. The molecule has 2 aromatic carbocycles. The molecule has 1 fully saturated rings. The molecule has 9 heteroatoms. The number of para-hydroxylation sites is 1. The minimum absolute atomic E-state index is 0.562. The molecular formula is C35H48ClN5O3. The molecule has 0 atom stereocenters. The number of methoxy groups -OCH3 is 1. The molecule has 0 aliphatic carbocycles. The molecule has 3 heterocycles. The molecule has 0 radical (unpaired) electrons. The highest BCUT2D eigenvalue weighted by molar-refractivity contribution is 6.32. The van der Waals surface area contributed by atoms with E-state index in [-0.39, 0.29) is 0 Å². The number of aldehydes is 1. The molecule has 0 amide bonds. The maximum absolute atomic E-state index is 12.7. The van der Waals surface area contributed by atoms with Crippen LogP contribution < -0.4 is 10.1 Å². The highest BCUT2D eigenvalue weighted by Gasteiger charge is 2.23. The number of piperazine rings is 1. The van der Waals surface area contributed by atoms with E-state index in [0.717, 1.165) is 132 Å². The molecule has 0 unspecified atom stereocenters. The topological polar surface area (TPSA) is 73.6 Å². The molecule has 8 nitrogen and oxygen atoms in total. The number of aromatic nitrogens is 3. The van der Waals surface area contributed by atoms with Gasteiger partial charge in [0.05, 0.1) is 23.5 Å². The quantitative estimate of drug-likeness (QED) is 0.156. The molecule has 1 aliphatic rings. The SMILES string of the molecule is CCOC.Cc1cc(OCCCc2c(C=O)n(CCN3CCNCC3)c3c(-c4c(C)nn(C)c4C)cccc23)cc(C)c1Cl. The van der Waals surface area contributed by atoms with Gasteiger partial charge in [-0.1, -0.05) is 29.8 Å². The second-order valence-corrected chi connectivity index (χ2v) is 11.9. The van der Waals surface area contributed by atoms with Gasteiger partial charge in [0, 0.05) is 87.3 Å². The predicted octanol–water partition coefficient (Wildman–Crippen LogP) is 6.31. The highest BCUT2D eigenvalue weighted by Crippen LogP contribution is 2.37. The van der Waals surface area contributed by atoms with Crippen LogP contribution in [0.4, 0.5) is 0 Å². The van der Waals surface area contributed by atoms with E-state index in [1.165, 1.54) is 0 Å². The Morgan fingerprint density at radius 3 is 2.34 bits per heavy atom. The van der Waals surface area contributed by atoms with Crippen LogP contribution in [-0.4, -0.2) is 78.6 Å². The molecule has 2 aromatic heterocycles. The second-order valence-electron chi connectivity index (χ2n) is 11.5. The summed E-state index contributed by atoms with van der Waals surface area (Å²) in [6, 6.07) is 10.4. The van der Waals surface area contributed by atoms with E-state index in [9.17, 15) is 4.79 Å². The van der Waals surface area contributed by atoms with Gasteiger partial charge in [0.15, 0.2) is 6.29 Å². The third-order valence-corrected chi connectivity index (χ3v) is 9.11. The van der Waals surface area contributed by atoms with Crippen LogP contribution >= 0.6 is 11.6 Å². The summed E-state index contributed by atoms with van der Waals surface area (Å²) in [7, 11) is 3.67. The van der Waals surface area contributed by atoms with Crippen LogP contribution in [-0.2, 0) is 24.8 Å². The highest BCUT2D eigenvalue weighted by atomic mass is 35.5. The van der Waals surface area contributed by atoms with Gasteiger partial charge in [-0.15, -0.1) is 0 Å². The molecule has 238 valence electrons. The molecule has 1 saturated heterocycles. The summed E-state index contributed by atoms with van der Waals surface area (Å²) in [5.41, 5.74) is 9.43. The van der Waals surface area contributed by atoms with Crippen molar-refractivity contribution < 1.29 is 14.3 Å². The lowest BCUT2D eigenvalue weighted by atomic mass is 9.98. The van der Waals surface area contributed by atoms with Gasteiger partial charge < -0.3 is 19.4 Å². The Kier molecular flexibility index (Phi) is 12.0. The van der Waals surface area contributed by atoms with Gasteiger partial charge in [-0.3, -0.25) is 14.4 Å². The average molecular weight is 622 g/mol. The number of fused-ring (bicyclic) bond motifs is 1. The van der Waals surface area contributed by atoms with E-state index < -0.39 is 0 Å². The van der Waals surface area contributed by atoms with Crippen molar-refractivity contribution in [3.8, 4) is 16.9 Å². The second kappa shape index (κ2) is 15.7. The fraction of sp³-hybridized carbons (Fsp3) is 0.486. The van der Waals surface area contributed by atoms with Crippen LogP contribution in [0.3, 0.4) is 0 Å². The average Bonchev–Trinajstić information content (AvgIpc) is 3.48. The Bertz CT molecular complexity index is 1540. The van der Waals surface area contributed by atoms with Crippen LogP contribution in [0.5, 0.6) is 5.75 Å². The van der Waals surface area contributed by atoms with E-state index in [1.807, 2.05) is 44.6 Å². The van der Waals surface area contributed by atoms with Gasteiger partial charge in [-0.2, -0.15) is 5.10 Å². The van der Waals surface area contributed by atoms with E-state index in [2.05, 4.69) is 51.6 Å². The van der Waals surface area contributed by atoms with Crippen LogP contribution in [0.2, 0.25) is 5.02 Å². The number of hydrogen-bond donors (Lipinski definition) is 1. The zero-order chi connectivity index (χ0) is 31.8. The number of rotatable bonds is 11. The maximum atomic E-state index is 12.7. The van der Waals surface area contributed by atoms with E-state index in [0.29, 0.717) is 6.61 Å². The van der Waals surface area contributed by atoms with E-state index >= 15 is 0 Å². The van der Waals surface area contributed by atoms with Gasteiger partial charge in [-0.25, -0.2) is 0 Å². The van der Waals surface area contributed by atoms with Gasteiger partial charge in [0.25, 0.3) is 0 Å². The standard InChI is InChI=1S/C32H40ClN5O2.C3H8O/c1-21-18-25(19-22(2)31(21)33)40-17-7-10-26-27-8-6-9-28(30-23(3)35-36(5)24(30)4)32(27)38(29(26)20-39)16-15-37-13-11-34-12-14-37;1-3-4-2/h6,8-9,18-20,34H,7,10-17H2,1-5H3;3H2,1-2H3. The maximum Gasteiger partial charge on any atom is 0.166 e. The Balaban J connectivity index is 0.00000104. The van der Waals surface area contributed by atoms with Crippen LogP contribution in [0.1, 0.15) is 51.9 Å². The fourth-order valence-corrected chi connectivity index (χ4v) is 6.21. The van der Waals surface area contributed by atoms with Crippen LogP contribution in [0.15, 0.2) is 30.3 Å². The lowest BCUT2D eigenvalue weighted by molar-refractivity contribution is 0.111. The Morgan fingerprint density at radius 2 is 1.75 bits per heavy atom. The molecular weight excluding hydrogens is 574 g/mol. The Hall–Kier alpha value is -3.17. The smallest absolute Gasteiger partial charge is 0.166 e. The monoisotopic (exact) mass is 621 g/mol. The molecule has 4 aromatic rings. The molecule has 1 N–H and O–H groups in total. The zero-order valence-electron chi connectivity index (χ0n) is 27.4. The van der Waals surface area contributed by atoms with Crippen LogP contribution in [0.25, 0.3) is 22.0 Å². The zero-order valence-corrected chi connectivity index (χ0v) is 28.2. The number of aryl methyl sites for hydroxylation is 5. The summed E-state index contributed by atoms with van der Waals surface area (Å²) < 4.78 is 14.9. The number of carbonyl (C=O) groups excluding carboxylic acids is 1. The number of nitrogens with zero attached hydrogens (tertiary/aromatic N) is 4. The van der Waals surface area contributed by atoms with Crippen molar-refractivity contribution >= 4 is 28.8 Å². The number of carbonyl (C=O) groups is 1. The molecule has 0 bridgehead atoms. The van der Waals surface area contributed by atoms with Crippen molar-refractivity contribution in [2.24, 2.45) is 7.05 Å². The molecule has 0 spiro atoms. The van der Waals surface area contributed by atoms with Gasteiger partial charge in [-0.05, 0) is 76.3 Å². The summed E-state index contributed by atoms with van der Waals surface area (Å²) in [4.78, 5) is 15.2. The lowest BCUT2D eigenvalue weighted by Gasteiger charge is -2.27. The van der Waals surface area contributed by atoms with Crippen molar-refractivity contribution in [1.82, 2.24) is 24.6 Å². The molecule has 44 heavy (non-hydrogen) atoms. The first-order valence-electron chi connectivity index (χ1n) is 15.6. The van der Waals surface area contributed by atoms with Crippen molar-refractivity contribution in [2.45, 2.75) is 54.0 Å². The number of ether oxygens (including phenoxy) is 2. The van der Waals surface area contributed by atoms with E-state index in [4.69, 9.17) is 21.4 Å². The number of halogens is 1. The van der Waals surface area contributed by atoms with Crippen molar-refractivity contribution in [1.29, 1.82) is 0 Å². The summed E-state index contributed by atoms with van der Waals surface area (Å²) in [6.07, 6.45) is 2.60. The summed E-state index contributed by atoms with van der Waals surface area (Å²) in [5, 5.41) is 10.1. The minimum Gasteiger partial charge on any atom is -0.494 e. The number of hydrogen-bond acceptors (Lipinski definition) is 6. The molecule has 5 rings (SSSR count). The molecule has 1 aliphatic heterocycles. The third-order valence-electron chi connectivity index (χ3n) is 8.51. The van der Waals surface area contributed by atoms with E-state index in [1.54, 1.807) is 7.11 Å². The van der Waals surface area contributed by atoms with Crippen molar-refractivity contribution in [3.63, 3.8) is 0 Å². The minimum atomic E-state index is 0.562. The first kappa shape index (κ1) is 33.7. The van der Waals surface area contributed by atoms with Gasteiger partial charge >= 0.3 is 0 Å². The van der Waals surface area contributed by atoms with Crippen LogP contribution in [0, 0.1) is 27.7 Å². The summed E-state index contributed by atoms with van der Waals surface area (Å²) in [6.45, 7) is 17.2. The number of benzene rings is 2. The summed E-state index contributed by atoms with van der Waals surface area (Å²) in [5.74, 6) is 0.832. The largest absolute Gasteiger partial charge is 0.494 e. The van der Waals surface area contributed by atoms with Gasteiger partial charge in [0.2, 0.25) is 0 Å². The first-order chi connectivity index (χ1) is 21.2. The van der Waals surface area contributed by atoms with Crippen molar-refractivity contribution in [2.75, 3.05) is 53.0 Å². The Morgan fingerprint density at radius 1 is 1.07 bits per heavy atom. The van der Waals surface area contributed by atoms with Crippen molar-refractivity contribution in [3.05, 3.63) is 69.1 Å². The molecule has 0 saturated carbocycles. The van der Waals surface area contributed by atoms with Gasteiger partial charge in [0.1, 0.15) is 5.75 Å². The Labute approximate surface area is 267 Å². The predicted molar refractivity (Wildman–Crippen MR) is 181 cm³/mol.